The van der Waals surface area contributed by atoms with Crippen LogP contribution in [0, 0.1) is 5.92 Å². The third-order valence-electron chi connectivity index (χ3n) is 3.23. The number of hydrogen-bond acceptors (Lipinski definition) is 5. The van der Waals surface area contributed by atoms with E-state index in [1.165, 1.54) is 12.8 Å². The maximum absolute atomic E-state index is 5.73. The van der Waals surface area contributed by atoms with E-state index in [2.05, 4.69) is 20.5 Å². The average molecular weight is 232 g/mol. The van der Waals surface area contributed by atoms with Gasteiger partial charge in [0.15, 0.2) is 0 Å². The van der Waals surface area contributed by atoms with Crippen molar-refractivity contribution in [2.24, 2.45) is 5.92 Å². The number of nitrogens with zero attached hydrogens (tertiary/aromatic N) is 4. The van der Waals surface area contributed by atoms with Gasteiger partial charge in [0.25, 0.3) is 5.78 Å². The Balaban J connectivity index is 1.86. The molecule has 0 amide bonds. The highest BCUT2D eigenvalue weighted by atomic mass is 15.3. The number of nitrogen functional groups attached to an aromatic ring is 1. The standard InChI is InChI=1S/C11H16N6/c12-9-6-14-11-16-15-10(17(11)7-9)4-8-2-1-3-13-5-8/h6-8,13H,1-5,12H2. The molecule has 0 radical (unpaired) electrons. The normalized spacial score (nSPS) is 20.8. The van der Waals surface area contributed by atoms with Gasteiger partial charge in [-0.1, -0.05) is 0 Å². The zero-order chi connectivity index (χ0) is 11.7. The van der Waals surface area contributed by atoms with Crippen molar-refractivity contribution in [3.05, 3.63) is 18.2 Å². The summed E-state index contributed by atoms with van der Waals surface area (Å²) in [6.45, 7) is 2.19. The molecule has 3 rings (SSSR count). The lowest BCUT2D eigenvalue weighted by Crippen LogP contribution is -2.31. The van der Waals surface area contributed by atoms with E-state index in [4.69, 9.17) is 5.73 Å². The smallest absolute Gasteiger partial charge is 0.255 e. The Labute approximate surface area is 99.3 Å². The lowest BCUT2D eigenvalue weighted by Gasteiger charge is -2.21. The van der Waals surface area contributed by atoms with Crippen LogP contribution in [0.1, 0.15) is 18.7 Å². The number of nitrogens with two attached hydrogens (primary N) is 1. The number of aromatic nitrogens is 4. The summed E-state index contributed by atoms with van der Waals surface area (Å²) in [4.78, 5) is 4.14. The van der Waals surface area contributed by atoms with Gasteiger partial charge in [-0.3, -0.25) is 4.40 Å². The van der Waals surface area contributed by atoms with Gasteiger partial charge < -0.3 is 11.1 Å². The van der Waals surface area contributed by atoms with Crippen molar-refractivity contribution in [2.75, 3.05) is 18.8 Å². The van der Waals surface area contributed by atoms with Crippen LogP contribution < -0.4 is 11.1 Å². The molecule has 0 aliphatic carbocycles. The van der Waals surface area contributed by atoms with Gasteiger partial charge in [0.1, 0.15) is 5.82 Å². The van der Waals surface area contributed by atoms with Crippen molar-refractivity contribution in [2.45, 2.75) is 19.3 Å². The van der Waals surface area contributed by atoms with E-state index < -0.39 is 0 Å². The lowest BCUT2D eigenvalue weighted by molar-refractivity contribution is 0.370. The van der Waals surface area contributed by atoms with Crippen LogP contribution in [0.5, 0.6) is 0 Å². The van der Waals surface area contributed by atoms with Crippen LogP contribution in [-0.2, 0) is 6.42 Å². The van der Waals surface area contributed by atoms with Crippen LogP contribution in [0.3, 0.4) is 0 Å². The first kappa shape index (κ1) is 10.5. The molecule has 1 fully saturated rings. The number of fused-ring (bicyclic) bond motifs is 1. The van der Waals surface area contributed by atoms with Gasteiger partial charge >= 0.3 is 0 Å². The maximum atomic E-state index is 5.73. The van der Waals surface area contributed by atoms with Crippen molar-refractivity contribution in [3.8, 4) is 0 Å². The summed E-state index contributed by atoms with van der Waals surface area (Å²) in [5.74, 6) is 2.21. The molecule has 0 bridgehead atoms. The van der Waals surface area contributed by atoms with Crippen molar-refractivity contribution in [3.63, 3.8) is 0 Å². The summed E-state index contributed by atoms with van der Waals surface area (Å²) in [6.07, 6.45) is 6.86. The summed E-state index contributed by atoms with van der Waals surface area (Å²) in [5.41, 5.74) is 6.37. The molecule has 2 aromatic rings. The molecule has 1 aliphatic rings. The van der Waals surface area contributed by atoms with Crippen LogP contribution in [-0.4, -0.2) is 32.7 Å². The quantitative estimate of drug-likeness (QED) is 0.775. The van der Waals surface area contributed by atoms with Gasteiger partial charge in [0.05, 0.1) is 11.9 Å². The molecule has 3 heterocycles. The zero-order valence-corrected chi connectivity index (χ0v) is 9.63. The molecule has 0 saturated carbocycles. The molecule has 0 aromatic carbocycles. The number of anilines is 1. The summed E-state index contributed by atoms with van der Waals surface area (Å²) in [7, 11) is 0. The van der Waals surface area contributed by atoms with Crippen LogP contribution in [0.4, 0.5) is 5.69 Å². The third-order valence-corrected chi connectivity index (χ3v) is 3.23. The third kappa shape index (κ3) is 2.08. The van der Waals surface area contributed by atoms with E-state index >= 15 is 0 Å². The second-order valence-electron chi connectivity index (χ2n) is 4.59. The van der Waals surface area contributed by atoms with Gasteiger partial charge in [0, 0.05) is 12.6 Å². The fourth-order valence-electron chi connectivity index (χ4n) is 2.34. The van der Waals surface area contributed by atoms with Crippen LogP contribution in [0.15, 0.2) is 12.4 Å². The Bertz CT molecular complexity index is 514. The van der Waals surface area contributed by atoms with Crippen molar-refractivity contribution < 1.29 is 0 Å². The second kappa shape index (κ2) is 4.29. The average Bonchev–Trinajstić information content (AvgIpc) is 2.73. The first-order valence-electron chi connectivity index (χ1n) is 5.99. The summed E-state index contributed by atoms with van der Waals surface area (Å²) >= 11 is 0. The molecule has 1 atom stereocenters. The molecule has 0 spiro atoms. The second-order valence-corrected chi connectivity index (χ2v) is 4.59. The van der Waals surface area contributed by atoms with E-state index in [9.17, 15) is 0 Å². The highest BCUT2D eigenvalue weighted by molar-refractivity contribution is 5.39. The number of rotatable bonds is 2. The van der Waals surface area contributed by atoms with E-state index in [-0.39, 0.29) is 0 Å². The predicted molar refractivity (Wildman–Crippen MR) is 64.5 cm³/mol. The highest BCUT2D eigenvalue weighted by Gasteiger charge is 2.17. The van der Waals surface area contributed by atoms with Gasteiger partial charge in [-0.2, -0.15) is 0 Å². The van der Waals surface area contributed by atoms with Gasteiger partial charge in [0.2, 0.25) is 0 Å². The fraction of sp³-hybridized carbons (Fsp3) is 0.545. The number of hydrogen-bond donors (Lipinski definition) is 2. The minimum absolute atomic E-state index is 0.623. The van der Waals surface area contributed by atoms with E-state index in [1.807, 2.05) is 10.6 Å². The molecule has 1 saturated heterocycles. The Morgan fingerprint density at radius 1 is 1.47 bits per heavy atom. The number of nitrogens with one attached hydrogen (secondary N) is 1. The summed E-state index contributed by atoms with van der Waals surface area (Å²) < 4.78 is 1.89. The number of piperidine rings is 1. The molecule has 1 unspecified atom stereocenters. The van der Waals surface area contributed by atoms with Crippen LogP contribution in [0.2, 0.25) is 0 Å². The Kier molecular flexibility index (Phi) is 2.64. The molecular formula is C11H16N6. The molecule has 6 heteroatoms. The first-order valence-corrected chi connectivity index (χ1v) is 5.99. The van der Waals surface area contributed by atoms with Crippen molar-refractivity contribution in [1.29, 1.82) is 0 Å². The lowest BCUT2D eigenvalue weighted by atomic mass is 9.96. The topological polar surface area (TPSA) is 81.1 Å². The summed E-state index contributed by atoms with van der Waals surface area (Å²) in [5, 5.41) is 11.7. The molecule has 17 heavy (non-hydrogen) atoms. The summed E-state index contributed by atoms with van der Waals surface area (Å²) in [6, 6.07) is 0. The van der Waals surface area contributed by atoms with E-state index in [1.54, 1.807) is 6.20 Å². The highest BCUT2D eigenvalue weighted by Crippen LogP contribution is 2.16. The monoisotopic (exact) mass is 232 g/mol. The minimum Gasteiger partial charge on any atom is -0.396 e. The fourth-order valence-corrected chi connectivity index (χ4v) is 2.34. The van der Waals surface area contributed by atoms with E-state index in [0.717, 1.165) is 25.3 Å². The van der Waals surface area contributed by atoms with Crippen molar-refractivity contribution in [1.82, 2.24) is 24.9 Å². The molecule has 1 aliphatic heterocycles. The Morgan fingerprint density at radius 3 is 3.24 bits per heavy atom. The van der Waals surface area contributed by atoms with Gasteiger partial charge in [-0.25, -0.2) is 4.98 Å². The van der Waals surface area contributed by atoms with Gasteiger partial charge in [-0.05, 0) is 31.8 Å². The Hall–Kier alpha value is -1.69. The molecule has 90 valence electrons. The Morgan fingerprint density at radius 2 is 2.41 bits per heavy atom. The van der Waals surface area contributed by atoms with Crippen LogP contribution in [0.25, 0.3) is 5.78 Å². The maximum Gasteiger partial charge on any atom is 0.255 e. The molecule has 3 N–H and O–H groups in total. The van der Waals surface area contributed by atoms with Gasteiger partial charge in [-0.15, -0.1) is 10.2 Å². The SMILES string of the molecule is Nc1cnc2nnc(CC3CCCNC3)n2c1. The van der Waals surface area contributed by atoms with Crippen molar-refractivity contribution >= 4 is 11.5 Å². The molecule has 2 aromatic heterocycles. The zero-order valence-electron chi connectivity index (χ0n) is 9.63. The minimum atomic E-state index is 0.623. The van der Waals surface area contributed by atoms with E-state index in [0.29, 0.717) is 17.4 Å². The van der Waals surface area contributed by atoms with Crippen LogP contribution >= 0.6 is 0 Å². The molecule has 6 nitrogen and oxygen atoms in total. The largest absolute Gasteiger partial charge is 0.396 e. The predicted octanol–water partition coefficient (Wildman–Crippen LogP) is 0.249. The first-order chi connectivity index (χ1) is 8.33. The molecular weight excluding hydrogens is 216 g/mol.